The molecule has 6 heteroatoms. The van der Waals surface area contributed by atoms with Crippen LogP contribution in [0.3, 0.4) is 0 Å². The molecule has 0 aliphatic rings. The van der Waals surface area contributed by atoms with E-state index >= 15 is 0 Å². The second kappa shape index (κ2) is 8.06. The summed E-state index contributed by atoms with van der Waals surface area (Å²) in [5.74, 6) is -0.805. The highest BCUT2D eigenvalue weighted by atomic mass is 35.5. The summed E-state index contributed by atoms with van der Waals surface area (Å²) in [5, 5.41) is 4.15. The number of para-hydroxylation sites is 2. The first-order valence-electron chi connectivity index (χ1n) is 8.45. The lowest BCUT2D eigenvalue weighted by Gasteiger charge is -2.10. The first-order chi connectivity index (χ1) is 12.6. The molecule has 0 aliphatic heterocycles. The number of carbonyl (C=O) groups excluding carboxylic acids is 2. The Bertz CT molecular complexity index is 949. The van der Waals surface area contributed by atoms with E-state index < -0.39 is 5.97 Å². The summed E-state index contributed by atoms with van der Waals surface area (Å²) in [6, 6.07) is 13.9. The van der Waals surface area contributed by atoms with Crippen LogP contribution in [0.1, 0.15) is 40.6 Å². The van der Waals surface area contributed by atoms with Gasteiger partial charge in [0.15, 0.2) is 0 Å². The summed E-state index contributed by atoms with van der Waals surface area (Å²) >= 11 is 6.14. The van der Waals surface area contributed by atoms with E-state index in [2.05, 4.69) is 10.3 Å². The van der Waals surface area contributed by atoms with Crippen LogP contribution in [0.15, 0.2) is 48.5 Å². The Labute approximate surface area is 156 Å². The molecule has 0 radical (unpaired) electrons. The molecule has 1 heterocycles. The number of rotatable bonds is 6. The maximum absolute atomic E-state index is 12.6. The van der Waals surface area contributed by atoms with Gasteiger partial charge in [0.1, 0.15) is 5.69 Å². The number of hydrogen-bond acceptors (Lipinski definition) is 3. The third-order valence-electron chi connectivity index (χ3n) is 3.98. The van der Waals surface area contributed by atoms with E-state index in [1.165, 1.54) is 0 Å². The molecule has 0 spiro atoms. The van der Waals surface area contributed by atoms with E-state index in [1.54, 1.807) is 36.4 Å². The van der Waals surface area contributed by atoms with Crippen LogP contribution in [0.25, 0.3) is 10.9 Å². The average molecular weight is 371 g/mol. The Morgan fingerprint density at radius 3 is 2.73 bits per heavy atom. The minimum Gasteiger partial charge on any atom is -0.462 e. The van der Waals surface area contributed by atoms with Gasteiger partial charge in [-0.25, -0.2) is 4.79 Å². The summed E-state index contributed by atoms with van der Waals surface area (Å²) in [4.78, 5) is 27.9. The molecule has 0 unspecified atom stereocenters. The normalized spacial score (nSPS) is 10.7. The van der Waals surface area contributed by atoms with Gasteiger partial charge in [0.25, 0.3) is 5.91 Å². The highest BCUT2D eigenvalue weighted by Gasteiger charge is 2.16. The van der Waals surface area contributed by atoms with Crippen LogP contribution < -0.4 is 5.32 Å². The fraction of sp³-hybridized carbons (Fsp3) is 0.200. The number of unbranched alkanes of at least 4 members (excludes halogenated alkanes) is 1. The molecule has 0 aliphatic carbocycles. The SMILES string of the molecule is CCCCOC(=O)c1ccccc1NC(=O)c1cc2cccc(Cl)c2[nH]1. The van der Waals surface area contributed by atoms with Gasteiger partial charge in [0.2, 0.25) is 0 Å². The van der Waals surface area contributed by atoms with Crippen molar-refractivity contribution in [2.24, 2.45) is 0 Å². The van der Waals surface area contributed by atoms with E-state index in [9.17, 15) is 9.59 Å². The highest BCUT2D eigenvalue weighted by Crippen LogP contribution is 2.24. The average Bonchev–Trinajstić information content (AvgIpc) is 3.08. The summed E-state index contributed by atoms with van der Waals surface area (Å²) in [7, 11) is 0. The predicted molar refractivity (Wildman–Crippen MR) is 103 cm³/mol. The van der Waals surface area contributed by atoms with Crippen molar-refractivity contribution in [1.82, 2.24) is 4.98 Å². The molecule has 0 fully saturated rings. The molecule has 3 rings (SSSR count). The quantitative estimate of drug-likeness (QED) is 0.472. The van der Waals surface area contributed by atoms with Crippen molar-refractivity contribution in [3.8, 4) is 0 Å². The number of anilines is 1. The maximum atomic E-state index is 12.6. The number of fused-ring (bicyclic) bond motifs is 1. The van der Waals surface area contributed by atoms with Crippen LogP contribution >= 0.6 is 11.6 Å². The lowest BCUT2D eigenvalue weighted by Crippen LogP contribution is -2.16. The van der Waals surface area contributed by atoms with Gasteiger partial charge in [0, 0.05) is 5.39 Å². The standard InChI is InChI=1S/C20H19ClN2O3/c1-2-3-11-26-20(25)14-8-4-5-10-16(14)23-19(24)17-12-13-7-6-9-15(21)18(13)22-17/h4-10,12,22H,2-3,11H2,1H3,(H,23,24). The number of nitrogens with one attached hydrogen (secondary N) is 2. The largest absolute Gasteiger partial charge is 0.462 e. The second-order valence-electron chi connectivity index (χ2n) is 5.88. The molecule has 0 atom stereocenters. The van der Waals surface area contributed by atoms with Gasteiger partial charge >= 0.3 is 5.97 Å². The maximum Gasteiger partial charge on any atom is 0.340 e. The zero-order valence-corrected chi connectivity index (χ0v) is 15.1. The van der Waals surface area contributed by atoms with Crippen LogP contribution in [0.5, 0.6) is 0 Å². The summed E-state index contributed by atoms with van der Waals surface area (Å²) < 4.78 is 5.24. The first-order valence-corrected chi connectivity index (χ1v) is 8.82. The van der Waals surface area contributed by atoms with Gasteiger partial charge in [-0.3, -0.25) is 4.79 Å². The zero-order chi connectivity index (χ0) is 18.5. The second-order valence-corrected chi connectivity index (χ2v) is 6.28. The van der Waals surface area contributed by atoms with E-state index in [-0.39, 0.29) is 5.91 Å². The number of benzene rings is 2. The number of hydrogen-bond donors (Lipinski definition) is 2. The van der Waals surface area contributed by atoms with Gasteiger partial charge in [-0.1, -0.05) is 49.2 Å². The lowest BCUT2D eigenvalue weighted by atomic mass is 10.1. The van der Waals surface area contributed by atoms with Crippen LogP contribution in [-0.4, -0.2) is 23.5 Å². The molecular weight excluding hydrogens is 352 g/mol. The minimum atomic E-state index is -0.450. The molecule has 0 saturated heterocycles. The minimum absolute atomic E-state index is 0.325. The third-order valence-corrected chi connectivity index (χ3v) is 4.29. The van der Waals surface area contributed by atoms with Crippen molar-refractivity contribution < 1.29 is 14.3 Å². The van der Waals surface area contributed by atoms with Gasteiger partial charge in [-0.15, -0.1) is 0 Å². The van der Waals surface area contributed by atoms with Gasteiger partial charge in [-0.05, 0) is 30.7 Å². The lowest BCUT2D eigenvalue weighted by molar-refractivity contribution is 0.0501. The Kier molecular flexibility index (Phi) is 5.58. The number of halogens is 1. The highest BCUT2D eigenvalue weighted by molar-refractivity contribution is 6.35. The molecule has 3 aromatic rings. The number of aromatic amines is 1. The Hall–Kier alpha value is -2.79. The number of ether oxygens (including phenoxy) is 1. The summed E-state index contributed by atoms with van der Waals surface area (Å²) in [5.41, 5.74) is 1.80. The molecule has 2 aromatic carbocycles. The van der Waals surface area contributed by atoms with Crippen molar-refractivity contribution in [2.75, 3.05) is 11.9 Å². The van der Waals surface area contributed by atoms with Crippen molar-refractivity contribution in [1.29, 1.82) is 0 Å². The Morgan fingerprint density at radius 1 is 1.15 bits per heavy atom. The van der Waals surface area contributed by atoms with E-state index in [0.717, 1.165) is 18.2 Å². The fourth-order valence-corrected chi connectivity index (χ4v) is 2.82. The summed E-state index contributed by atoms with van der Waals surface area (Å²) in [6.07, 6.45) is 1.74. The molecule has 5 nitrogen and oxygen atoms in total. The van der Waals surface area contributed by atoms with Crippen molar-refractivity contribution in [2.45, 2.75) is 19.8 Å². The monoisotopic (exact) mass is 370 g/mol. The third kappa shape index (κ3) is 3.89. The van der Waals surface area contributed by atoms with E-state index in [0.29, 0.717) is 34.1 Å². The van der Waals surface area contributed by atoms with Crippen LogP contribution in [0.2, 0.25) is 5.02 Å². The predicted octanol–water partition coefficient (Wildman–Crippen LogP) is 5.03. The topological polar surface area (TPSA) is 71.2 Å². The van der Waals surface area contributed by atoms with E-state index in [1.807, 2.05) is 19.1 Å². The molecule has 1 aromatic heterocycles. The Morgan fingerprint density at radius 2 is 1.96 bits per heavy atom. The van der Waals surface area contributed by atoms with Crippen LogP contribution in [0, 0.1) is 0 Å². The Balaban J connectivity index is 1.80. The molecule has 134 valence electrons. The molecule has 0 saturated carbocycles. The molecule has 0 bridgehead atoms. The van der Waals surface area contributed by atoms with Crippen LogP contribution in [-0.2, 0) is 4.74 Å². The fourth-order valence-electron chi connectivity index (χ4n) is 2.59. The smallest absolute Gasteiger partial charge is 0.340 e. The number of H-pyrrole nitrogens is 1. The summed E-state index contributed by atoms with van der Waals surface area (Å²) in [6.45, 7) is 2.38. The van der Waals surface area contributed by atoms with Gasteiger partial charge < -0.3 is 15.0 Å². The molecule has 1 amide bonds. The van der Waals surface area contributed by atoms with Gasteiger partial charge in [0.05, 0.1) is 28.4 Å². The first kappa shape index (κ1) is 18.0. The number of esters is 1. The van der Waals surface area contributed by atoms with Gasteiger partial charge in [-0.2, -0.15) is 0 Å². The molecule has 2 N–H and O–H groups in total. The number of carbonyl (C=O) groups is 2. The molecular formula is C20H19ClN2O3. The van der Waals surface area contributed by atoms with Crippen LogP contribution in [0.4, 0.5) is 5.69 Å². The van der Waals surface area contributed by atoms with Crippen molar-refractivity contribution in [3.05, 3.63) is 64.8 Å². The zero-order valence-electron chi connectivity index (χ0n) is 14.3. The van der Waals surface area contributed by atoms with Crippen molar-refractivity contribution >= 4 is 40.1 Å². The molecule has 26 heavy (non-hydrogen) atoms. The number of amides is 1. The van der Waals surface area contributed by atoms with Crippen molar-refractivity contribution in [3.63, 3.8) is 0 Å². The van der Waals surface area contributed by atoms with E-state index in [4.69, 9.17) is 16.3 Å². The number of aromatic nitrogens is 1.